The predicted molar refractivity (Wildman–Crippen MR) is 153 cm³/mol. The molecule has 0 radical (unpaired) electrons. The van der Waals surface area contributed by atoms with Crippen LogP contribution in [0.4, 0.5) is 5.69 Å². The SMILES string of the molecule is Cc1ccc(-n2cc(/C=N/n3c(-c4cccc([N+](=O)[O-])c4)nc4ccccc4c3=O)c(-c3ccncc3)n2)cc1. The maximum atomic E-state index is 13.6. The number of benzene rings is 3. The molecule has 0 spiro atoms. The number of pyridine rings is 1. The highest BCUT2D eigenvalue weighted by molar-refractivity contribution is 5.89. The average molecular weight is 528 g/mol. The molecule has 0 aliphatic heterocycles. The number of aromatic nitrogens is 5. The van der Waals surface area contributed by atoms with Gasteiger partial charge in [0.1, 0.15) is 5.69 Å². The fourth-order valence-electron chi connectivity index (χ4n) is 4.34. The molecule has 0 saturated carbocycles. The monoisotopic (exact) mass is 527 g/mol. The molecule has 0 saturated heterocycles. The predicted octanol–water partition coefficient (Wildman–Crippen LogP) is 5.41. The van der Waals surface area contributed by atoms with Gasteiger partial charge in [-0.05, 0) is 43.3 Å². The normalized spacial score (nSPS) is 11.3. The van der Waals surface area contributed by atoms with Crippen molar-refractivity contribution in [2.75, 3.05) is 0 Å². The minimum absolute atomic E-state index is 0.116. The molecule has 0 unspecified atom stereocenters. The molecule has 40 heavy (non-hydrogen) atoms. The lowest BCUT2D eigenvalue weighted by molar-refractivity contribution is -0.384. The Hall–Kier alpha value is -5.77. The zero-order valence-electron chi connectivity index (χ0n) is 21.2. The van der Waals surface area contributed by atoms with E-state index in [0.717, 1.165) is 16.8 Å². The van der Waals surface area contributed by atoms with Crippen molar-refractivity contribution < 1.29 is 4.92 Å². The van der Waals surface area contributed by atoms with E-state index in [1.54, 1.807) is 59.7 Å². The molecule has 3 heterocycles. The van der Waals surface area contributed by atoms with Gasteiger partial charge in [0.25, 0.3) is 11.2 Å². The first kappa shape index (κ1) is 24.6. The quantitative estimate of drug-likeness (QED) is 0.162. The van der Waals surface area contributed by atoms with Crippen LogP contribution in [0.15, 0.2) is 113 Å². The molecule has 0 aliphatic carbocycles. The molecule has 194 valence electrons. The number of non-ortho nitro benzene ring substituents is 1. The lowest BCUT2D eigenvalue weighted by atomic mass is 10.1. The summed E-state index contributed by atoms with van der Waals surface area (Å²) in [6.07, 6.45) is 6.74. The van der Waals surface area contributed by atoms with Gasteiger partial charge in [0, 0.05) is 47.4 Å². The van der Waals surface area contributed by atoms with Gasteiger partial charge in [-0.3, -0.25) is 19.9 Å². The Labute approximate surface area is 227 Å². The van der Waals surface area contributed by atoms with Crippen LogP contribution in [0.25, 0.3) is 39.2 Å². The highest BCUT2D eigenvalue weighted by atomic mass is 16.6. The van der Waals surface area contributed by atoms with Crippen molar-refractivity contribution in [1.82, 2.24) is 24.4 Å². The van der Waals surface area contributed by atoms with Gasteiger partial charge in [0.15, 0.2) is 5.82 Å². The molecule has 0 amide bonds. The highest BCUT2D eigenvalue weighted by Crippen LogP contribution is 2.25. The van der Waals surface area contributed by atoms with Crippen LogP contribution in [-0.4, -0.2) is 35.6 Å². The molecule has 6 rings (SSSR count). The van der Waals surface area contributed by atoms with Crippen molar-refractivity contribution in [2.45, 2.75) is 6.92 Å². The van der Waals surface area contributed by atoms with Gasteiger partial charge in [-0.25, -0.2) is 9.67 Å². The molecule has 0 N–H and O–H groups in total. The first-order valence-corrected chi connectivity index (χ1v) is 12.4. The number of fused-ring (bicyclic) bond motifs is 1. The summed E-state index contributed by atoms with van der Waals surface area (Å²) < 4.78 is 2.92. The summed E-state index contributed by atoms with van der Waals surface area (Å²) in [4.78, 5) is 33.3. The first-order valence-electron chi connectivity index (χ1n) is 12.4. The zero-order chi connectivity index (χ0) is 27.6. The second-order valence-corrected chi connectivity index (χ2v) is 9.07. The Morgan fingerprint density at radius 1 is 0.925 bits per heavy atom. The molecular weight excluding hydrogens is 506 g/mol. The number of nitrogens with zero attached hydrogens (tertiary/aromatic N) is 7. The number of para-hydroxylation sites is 1. The summed E-state index contributed by atoms with van der Waals surface area (Å²) in [6, 6.07) is 24.5. The number of nitro benzene ring substituents is 1. The summed E-state index contributed by atoms with van der Waals surface area (Å²) in [5.41, 5.74) is 4.44. The smallest absolute Gasteiger partial charge is 0.267 e. The maximum absolute atomic E-state index is 13.6. The van der Waals surface area contributed by atoms with Gasteiger partial charge in [-0.15, -0.1) is 0 Å². The minimum atomic E-state index is -0.489. The summed E-state index contributed by atoms with van der Waals surface area (Å²) in [5, 5.41) is 21.2. The van der Waals surface area contributed by atoms with Crippen LogP contribution >= 0.6 is 0 Å². The van der Waals surface area contributed by atoms with E-state index in [-0.39, 0.29) is 11.5 Å². The van der Waals surface area contributed by atoms with Crippen LogP contribution in [0.5, 0.6) is 0 Å². The molecule has 3 aromatic heterocycles. The van der Waals surface area contributed by atoms with Crippen molar-refractivity contribution in [1.29, 1.82) is 0 Å². The molecule has 6 aromatic rings. The van der Waals surface area contributed by atoms with Crippen LogP contribution in [0.3, 0.4) is 0 Å². The lowest BCUT2D eigenvalue weighted by Crippen LogP contribution is -2.20. The van der Waals surface area contributed by atoms with E-state index in [0.29, 0.717) is 27.7 Å². The molecule has 0 fully saturated rings. The van der Waals surface area contributed by atoms with E-state index in [1.165, 1.54) is 16.8 Å². The van der Waals surface area contributed by atoms with E-state index < -0.39 is 10.5 Å². The fourth-order valence-corrected chi connectivity index (χ4v) is 4.34. The largest absolute Gasteiger partial charge is 0.282 e. The minimum Gasteiger partial charge on any atom is -0.267 e. The van der Waals surface area contributed by atoms with Gasteiger partial charge in [0.05, 0.1) is 27.7 Å². The third-order valence-electron chi connectivity index (χ3n) is 6.38. The number of aryl methyl sites for hydroxylation is 1. The average Bonchev–Trinajstić information content (AvgIpc) is 3.41. The summed E-state index contributed by atoms with van der Waals surface area (Å²) in [5.74, 6) is 0.181. The Kier molecular flexibility index (Phi) is 6.25. The summed E-state index contributed by atoms with van der Waals surface area (Å²) in [6.45, 7) is 2.02. The lowest BCUT2D eigenvalue weighted by Gasteiger charge is -2.09. The van der Waals surface area contributed by atoms with Gasteiger partial charge in [0.2, 0.25) is 0 Å². The summed E-state index contributed by atoms with van der Waals surface area (Å²) in [7, 11) is 0. The van der Waals surface area contributed by atoms with Crippen LogP contribution in [0.2, 0.25) is 0 Å². The molecule has 0 aliphatic rings. The second kappa shape index (κ2) is 10.2. The second-order valence-electron chi connectivity index (χ2n) is 9.07. The number of rotatable bonds is 6. The zero-order valence-corrected chi connectivity index (χ0v) is 21.2. The van der Waals surface area contributed by atoms with E-state index in [1.807, 2.05) is 49.5 Å². The summed E-state index contributed by atoms with van der Waals surface area (Å²) >= 11 is 0. The molecule has 0 bridgehead atoms. The standard InChI is InChI=1S/C30H21N7O3/c1-20-9-11-24(12-10-20)35-19-23(28(34-35)21-13-15-31-16-14-21)18-32-36-29(22-5-4-6-25(17-22)37(39)40)33-27-8-3-2-7-26(27)30(36)38/h2-19H,1H3/b32-18+. The first-order chi connectivity index (χ1) is 19.5. The third-order valence-corrected chi connectivity index (χ3v) is 6.38. The van der Waals surface area contributed by atoms with Gasteiger partial charge >= 0.3 is 0 Å². The Balaban J connectivity index is 1.54. The van der Waals surface area contributed by atoms with E-state index in [4.69, 9.17) is 5.10 Å². The van der Waals surface area contributed by atoms with E-state index in [9.17, 15) is 14.9 Å². The molecule has 10 heteroatoms. The Morgan fingerprint density at radius 3 is 2.48 bits per heavy atom. The number of nitro groups is 1. The topological polar surface area (TPSA) is 121 Å². The van der Waals surface area contributed by atoms with E-state index in [2.05, 4.69) is 15.1 Å². The van der Waals surface area contributed by atoms with Crippen molar-refractivity contribution in [3.63, 3.8) is 0 Å². The molecule has 10 nitrogen and oxygen atoms in total. The maximum Gasteiger partial charge on any atom is 0.282 e. The Bertz CT molecular complexity index is 1960. The number of hydrogen-bond donors (Lipinski definition) is 0. The van der Waals surface area contributed by atoms with Gasteiger partial charge < -0.3 is 0 Å². The fraction of sp³-hybridized carbons (Fsp3) is 0.0333. The third kappa shape index (κ3) is 4.65. The highest BCUT2D eigenvalue weighted by Gasteiger charge is 2.16. The Morgan fingerprint density at radius 2 is 1.70 bits per heavy atom. The van der Waals surface area contributed by atoms with E-state index >= 15 is 0 Å². The number of hydrogen-bond acceptors (Lipinski definition) is 7. The van der Waals surface area contributed by atoms with Crippen LogP contribution in [-0.2, 0) is 0 Å². The van der Waals surface area contributed by atoms with Crippen molar-refractivity contribution in [3.8, 4) is 28.3 Å². The van der Waals surface area contributed by atoms with Crippen molar-refractivity contribution in [2.24, 2.45) is 5.10 Å². The molecule has 3 aromatic carbocycles. The van der Waals surface area contributed by atoms with Gasteiger partial charge in [-0.1, -0.05) is 42.0 Å². The van der Waals surface area contributed by atoms with Crippen LogP contribution in [0, 0.1) is 17.0 Å². The van der Waals surface area contributed by atoms with Gasteiger partial charge in [-0.2, -0.15) is 14.9 Å². The van der Waals surface area contributed by atoms with Crippen molar-refractivity contribution >= 4 is 22.8 Å². The van der Waals surface area contributed by atoms with Crippen molar-refractivity contribution in [3.05, 3.63) is 135 Å². The van der Waals surface area contributed by atoms with Crippen LogP contribution < -0.4 is 5.56 Å². The molecule has 0 atom stereocenters. The van der Waals surface area contributed by atoms with Crippen LogP contribution in [0.1, 0.15) is 11.1 Å². The molecular formula is C30H21N7O3.